The second-order valence-corrected chi connectivity index (χ2v) is 19.1. The van der Waals surface area contributed by atoms with Gasteiger partial charge in [-0.3, -0.25) is 18.6 Å². The fourth-order valence-corrected chi connectivity index (χ4v) is 8.70. The van der Waals surface area contributed by atoms with E-state index in [9.17, 15) is 44.6 Å². The van der Waals surface area contributed by atoms with Crippen molar-refractivity contribution in [1.29, 1.82) is 0 Å². The number of ether oxygens (including phenoxy) is 2. The summed E-state index contributed by atoms with van der Waals surface area (Å²) < 4.78 is 33.6. The van der Waals surface area contributed by atoms with Crippen LogP contribution in [0.4, 0.5) is 0 Å². The zero-order chi connectivity index (χ0) is 46.4. The molecule has 13 nitrogen and oxygen atoms in total. The van der Waals surface area contributed by atoms with E-state index >= 15 is 0 Å². The summed E-state index contributed by atoms with van der Waals surface area (Å²) in [5.41, 5.74) is 0. The second-order valence-electron chi connectivity index (χ2n) is 17.7. The molecule has 1 aliphatic rings. The van der Waals surface area contributed by atoms with Gasteiger partial charge in [0, 0.05) is 12.8 Å². The van der Waals surface area contributed by atoms with Crippen molar-refractivity contribution in [3.63, 3.8) is 0 Å². The van der Waals surface area contributed by atoms with E-state index in [0.717, 1.165) is 51.4 Å². The SMILES string of the molecule is CCCCCCCC/C=C/C/C=C/CCCCC(=O)OC[C@H](COP(=O)(O)OC1C(O)C(O)C(O)[C@@H](O)C1O)OC(=O)CCCCCCCCCCCCCCCCCCCCC. The van der Waals surface area contributed by atoms with Crippen LogP contribution in [0.25, 0.3) is 0 Å². The highest BCUT2D eigenvalue weighted by atomic mass is 31.2. The predicted molar refractivity (Wildman–Crippen MR) is 249 cm³/mol. The molecule has 1 saturated carbocycles. The number of hydrogen-bond donors (Lipinski definition) is 6. The third-order valence-electron chi connectivity index (χ3n) is 11.8. The maximum Gasteiger partial charge on any atom is 0.472 e. The van der Waals surface area contributed by atoms with Gasteiger partial charge >= 0.3 is 19.8 Å². The van der Waals surface area contributed by atoms with Crippen molar-refractivity contribution in [2.24, 2.45) is 0 Å². The first-order valence-electron chi connectivity index (χ1n) is 25.1. The minimum atomic E-state index is -5.12. The Kier molecular flexibility index (Phi) is 37.2. The number of allylic oxidation sites excluding steroid dienone is 4. The molecule has 0 aliphatic heterocycles. The number of rotatable bonds is 42. The van der Waals surface area contributed by atoms with E-state index in [4.69, 9.17) is 18.5 Å². The first-order valence-corrected chi connectivity index (χ1v) is 26.6. The lowest BCUT2D eigenvalue weighted by Gasteiger charge is -2.41. The standard InChI is InChI=1S/C49H91O13P/c1-3-5-7-9-11-13-15-17-19-20-21-22-24-26-28-30-32-34-36-38-43(51)61-41(40-60-63(57,58)62-49-47(55)45(53)44(52)46(54)48(49)56)39-59-42(50)37-35-33-31-29-27-25-23-18-16-14-12-10-8-6-4-2/h18,23,27,29,41,44-49,52-56H,3-17,19-22,24-26,28,30-40H2,1-2H3,(H,57,58)/b23-18+,29-27+/t41-,44?,45-,46?,47?,48?,49?/m1/s1. The third-order valence-corrected chi connectivity index (χ3v) is 12.8. The number of hydrogen-bond acceptors (Lipinski definition) is 12. The Balaban J connectivity index is 2.42. The van der Waals surface area contributed by atoms with Crippen LogP contribution in [0.2, 0.25) is 0 Å². The van der Waals surface area contributed by atoms with E-state index in [0.29, 0.717) is 12.8 Å². The molecular weight excluding hydrogens is 827 g/mol. The molecule has 0 aromatic rings. The molecule has 0 spiro atoms. The van der Waals surface area contributed by atoms with E-state index < -0.39 is 75.7 Å². The van der Waals surface area contributed by atoms with Gasteiger partial charge in [-0.25, -0.2) is 4.57 Å². The van der Waals surface area contributed by atoms with Crippen LogP contribution < -0.4 is 0 Å². The Labute approximate surface area is 381 Å². The molecule has 14 heteroatoms. The molecule has 8 atom stereocenters. The summed E-state index contributed by atoms with van der Waals surface area (Å²) in [7, 11) is -5.12. The molecule has 6 unspecified atom stereocenters. The fourth-order valence-electron chi connectivity index (χ4n) is 7.73. The molecule has 1 aliphatic carbocycles. The van der Waals surface area contributed by atoms with Gasteiger partial charge in [-0.05, 0) is 44.9 Å². The molecule has 0 amide bonds. The maximum absolute atomic E-state index is 12.8. The lowest BCUT2D eigenvalue weighted by atomic mass is 9.85. The van der Waals surface area contributed by atoms with Gasteiger partial charge in [0.2, 0.25) is 0 Å². The van der Waals surface area contributed by atoms with Gasteiger partial charge < -0.3 is 39.9 Å². The summed E-state index contributed by atoms with van der Waals surface area (Å²) in [6.07, 6.45) is 30.9. The molecule has 0 heterocycles. The highest BCUT2D eigenvalue weighted by molar-refractivity contribution is 7.47. The summed E-state index contributed by atoms with van der Waals surface area (Å²) in [5.74, 6) is -1.13. The zero-order valence-corrected chi connectivity index (χ0v) is 40.3. The maximum atomic E-state index is 12.8. The lowest BCUT2D eigenvalue weighted by molar-refractivity contribution is -0.220. The van der Waals surface area contributed by atoms with Crippen LogP contribution in [0.3, 0.4) is 0 Å². The Morgan fingerprint density at radius 2 is 0.857 bits per heavy atom. The van der Waals surface area contributed by atoms with Gasteiger partial charge in [0.25, 0.3) is 0 Å². The van der Waals surface area contributed by atoms with E-state index in [2.05, 4.69) is 38.2 Å². The van der Waals surface area contributed by atoms with Crippen molar-refractivity contribution >= 4 is 19.8 Å². The molecule has 0 bridgehead atoms. The van der Waals surface area contributed by atoms with Gasteiger partial charge in [0.05, 0.1) is 6.61 Å². The van der Waals surface area contributed by atoms with E-state index in [1.807, 2.05) is 0 Å². The molecule has 1 fully saturated rings. The summed E-state index contributed by atoms with van der Waals surface area (Å²) in [4.78, 5) is 35.8. The van der Waals surface area contributed by atoms with Crippen LogP contribution in [0, 0.1) is 0 Å². The number of phosphoric ester groups is 1. The zero-order valence-electron chi connectivity index (χ0n) is 39.4. The van der Waals surface area contributed by atoms with Crippen molar-refractivity contribution in [1.82, 2.24) is 0 Å². The highest BCUT2D eigenvalue weighted by Crippen LogP contribution is 2.47. The molecule has 370 valence electrons. The van der Waals surface area contributed by atoms with Crippen molar-refractivity contribution in [2.75, 3.05) is 13.2 Å². The molecule has 63 heavy (non-hydrogen) atoms. The molecule has 0 aromatic carbocycles. The van der Waals surface area contributed by atoms with Crippen molar-refractivity contribution in [3.8, 4) is 0 Å². The molecular formula is C49H91O13P. The number of esters is 2. The molecule has 0 radical (unpaired) electrons. The summed E-state index contributed by atoms with van der Waals surface area (Å²) >= 11 is 0. The number of phosphoric acid groups is 1. The van der Waals surface area contributed by atoms with Crippen LogP contribution in [0.5, 0.6) is 0 Å². The van der Waals surface area contributed by atoms with E-state index in [-0.39, 0.29) is 12.8 Å². The first kappa shape index (κ1) is 59.3. The van der Waals surface area contributed by atoms with Crippen LogP contribution in [-0.2, 0) is 32.7 Å². The van der Waals surface area contributed by atoms with Gasteiger partial charge in [-0.2, -0.15) is 0 Å². The number of unbranched alkanes of at least 4 members (excludes halogenated alkanes) is 26. The minimum absolute atomic E-state index is 0.0948. The fraction of sp³-hybridized carbons (Fsp3) is 0.878. The van der Waals surface area contributed by atoms with Gasteiger partial charge in [0.15, 0.2) is 6.10 Å². The summed E-state index contributed by atoms with van der Waals surface area (Å²) in [6.45, 7) is 3.29. The van der Waals surface area contributed by atoms with Crippen molar-refractivity contribution in [2.45, 2.75) is 262 Å². The minimum Gasteiger partial charge on any atom is -0.462 e. The molecule has 0 saturated heterocycles. The first-order chi connectivity index (χ1) is 30.4. The van der Waals surface area contributed by atoms with Crippen LogP contribution in [-0.4, -0.2) is 98.3 Å². The Hall–Kier alpha value is -1.67. The van der Waals surface area contributed by atoms with E-state index in [1.54, 1.807) is 0 Å². The monoisotopic (exact) mass is 919 g/mol. The molecule has 0 aromatic heterocycles. The Morgan fingerprint density at radius 1 is 0.492 bits per heavy atom. The average molecular weight is 919 g/mol. The second kappa shape index (κ2) is 39.5. The Bertz CT molecular complexity index is 1200. The van der Waals surface area contributed by atoms with Gasteiger partial charge in [-0.1, -0.05) is 186 Å². The smallest absolute Gasteiger partial charge is 0.462 e. The normalized spacial score (nSPS) is 21.8. The van der Waals surface area contributed by atoms with E-state index in [1.165, 1.54) is 128 Å². The van der Waals surface area contributed by atoms with Crippen molar-refractivity contribution < 1.29 is 63.1 Å². The predicted octanol–water partition coefficient (Wildman–Crippen LogP) is 10.4. The largest absolute Gasteiger partial charge is 0.472 e. The van der Waals surface area contributed by atoms with Crippen LogP contribution >= 0.6 is 7.82 Å². The third kappa shape index (κ3) is 31.8. The number of aliphatic hydroxyl groups is 5. The molecule has 1 rings (SSSR count). The van der Waals surface area contributed by atoms with Gasteiger partial charge in [-0.15, -0.1) is 0 Å². The summed E-state index contributed by atoms with van der Waals surface area (Å²) in [6, 6.07) is 0. The number of aliphatic hydroxyl groups excluding tert-OH is 5. The summed E-state index contributed by atoms with van der Waals surface area (Å²) in [5, 5.41) is 50.2. The lowest BCUT2D eigenvalue weighted by Crippen LogP contribution is -2.64. The number of carbonyl (C=O) groups is 2. The quantitative estimate of drug-likeness (QED) is 0.0146. The molecule has 6 N–H and O–H groups in total. The average Bonchev–Trinajstić information content (AvgIpc) is 3.26. The van der Waals surface area contributed by atoms with Crippen molar-refractivity contribution in [3.05, 3.63) is 24.3 Å². The van der Waals surface area contributed by atoms with Gasteiger partial charge in [0.1, 0.15) is 43.2 Å². The number of carbonyl (C=O) groups excluding carboxylic acids is 2. The Morgan fingerprint density at radius 3 is 1.32 bits per heavy atom. The van der Waals surface area contributed by atoms with Crippen LogP contribution in [0.15, 0.2) is 24.3 Å². The topological polar surface area (TPSA) is 210 Å². The highest BCUT2D eigenvalue weighted by Gasteiger charge is 2.51. The van der Waals surface area contributed by atoms with Crippen LogP contribution in [0.1, 0.15) is 219 Å².